The zero-order valence-corrected chi connectivity index (χ0v) is 10.8. The van der Waals surface area contributed by atoms with Crippen LogP contribution >= 0.6 is 0 Å². The molecule has 94 valence electrons. The molecule has 0 amide bonds. The Balaban J connectivity index is 2.31. The average molecular weight is 242 g/mol. The third-order valence-electron chi connectivity index (χ3n) is 3.13. The lowest BCUT2D eigenvalue weighted by Crippen LogP contribution is -2.19. The minimum absolute atomic E-state index is 0.0392. The molecule has 3 heteroatoms. The van der Waals surface area contributed by atoms with E-state index in [2.05, 4.69) is 6.07 Å². The van der Waals surface area contributed by atoms with E-state index in [1.807, 2.05) is 38.2 Å². The Morgan fingerprint density at radius 3 is 2.56 bits per heavy atom. The van der Waals surface area contributed by atoms with Crippen LogP contribution in [0, 0.1) is 13.8 Å². The fourth-order valence-electron chi connectivity index (χ4n) is 1.98. The van der Waals surface area contributed by atoms with E-state index in [4.69, 9.17) is 5.73 Å². The van der Waals surface area contributed by atoms with Crippen molar-refractivity contribution in [3.05, 3.63) is 69.1 Å². The lowest BCUT2D eigenvalue weighted by Gasteiger charge is -2.10. The van der Waals surface area contributed by atoms with Crippen LogP contribution in [0.5, 0.6) is 0 Å². The molecular formula is C15H18N2O. The summed E-state index contributed by atoms with van der Waals surface area (Å²) in [7, 11) is 0. The number of aryl methyl sites for hydroxylation is 2. The van der Waals surface area contributed by atoms with E-state index in [-0.39, 0.29) is 5.56 Å². The van der Waals surface area contributed by atoms with Crippen molar-refractivity contribution in [3.63, 3.8) is 0 Å². The summed E-state index contributed by atoms with van der Waals surface area (Å²) in [6.45, 7) is 5.13. The molecule has 0 saturated carbocycles. The van der Waals surface area contributed by atoms with Gasteiger partial charge >= 0.3 is 0 Å². The first-order valence-corrected chi connectivity index (χ1v) is 6.05. The minimum Gasteiger partial charge on any atom is -0.326 e. The van der Waals surface area contributed by atoms with Crippen molar-refractivity contribution in [3.8, 4) is 0 Å². The average Bonchev–Trinajstić information content (AvgIpc) is 2.34. The summed E-state index contributed by atoms with van der Waals surface area (Å²) in [4.78, 5) is 11.8. The molecule has 18 heavy (non-hydrogen) atoms. The van der Waals surface area contributed by atoms with Crippen molar-refractivity contribution in [2.24, 2.45) is 5.73 Å². The number of hydrogen-bond acceptors (Lipinski definition) is 2. The third-order valence-corrected chi connectivity index (χ3v) is 3.13. The second-order valence-electron chi connectivity index (χ2n) is 4.64. The van der Waals surface area contributed by atoms with Gasteiger partial charge in [0.15, 0.2) is 0 Å². The van der Waals surface area contributed by atoms with E-state index in [0.717, 1.165) is 16.7 Å². The molecule has 0 bridgehead atoms. The van der Waals surface area contributed by atoms with E-state index in [0.29, 0.717) is 13.1 Å². The van der Waals surface area contributed by atoms with Crippen LogP contribution in [0.25, 0.3) is 0 Å². The molecule has 1 heterocycles. The topological polar surface area (TPSA) is 48.0 Å². The van der Waals surface area contributed by atoms with Crippen molar-refractivity contribution in [2.45, 2.75) is 26.9 Å². The van der Waals surface area contributed by atoms with Crippen molar-refractivity contribution in [2.75, 3.05) is 0 Å². The summed E-state index contributed by atoms with van der Waals surface area (Å²) in [6.07, 6.45) is 1.84. The Bertz CT molecular complexity index is 614. The molecule has 0 aliphatic carbocycles. The van der Waals surface area contributed by atoms with E-state index >= 15 is 0 Å². The van der Waals surface area contributed by atoms with Gasteiger partial charge in [0.2, 0.25) is 0 Å². The molecule has 3 nitrogen and oxygen atoms in total. The molecule has 0 aliphatic rings. The van der Waals surface area contributed by atoms with Gasteiger partial charge in [-0.25, -0.2) is 0 Å². The Morgan fingerprint density at radius 2 is 1.94 bits per heavy atom. The van der Waals surface area contributed by atoms with Gasteiger partial charge in [-0.2, -0.15) is 0 Å². The maximum Gasteiger partial charge on any atom is 0.251 e. The van der Waals surface area contributed by atoms with Crippen LogP contribution in [0.2, 0.25) is 0 Å². The largest absolute Gasteiger partial charge is 0.326 e. The van der Waals surface area contributed by atoms with E-state index < -0.39 is 0 Å². The predicted octanol–water partition coefficient (Wildman–Crippen LogP) is 1.97. The van der Waals surface area contributed by atoms with Crippen LogP contribution in [-0.4, -0.2) is 4.57 Å². The first kappa shape index (κ1) is 12.6. The molecule has 2 rings (SSSR count). The lowest BCUT2D eigenvalue weighted by molar-refractivity contribution is 0.752. The van der Waals surface area contributed by atoms with E-state index in [1.54, 1.807) is 10.6 Å². The Labute approximate surface area is 107 Å². The van der Waals surface area contributed by atoms with Crippen LogP contribution in [0.1, 0.15) is 22.3 Å². The van der Waals surface area contributed by atoms with Crippen molar-refractivity contribution < 1.29 is 0 Å². The number of benzene rings is 1. The molecule has 0 radical (unpaired) electrons. The van der Waals surface area contributed by atoms with Crippen molar-refractivity contribution >= 4 is 0 Å². The number of aromatic nitrogens is 1. The molecule has 0 saturated heterocycles. The van der Waals surface area contributed by atoms with Crippen LogP contribution in [0.15, 0.2) is 41.3 Å². The van der Waals surface area contributed by atoms with Crippen molar-refractivity contribution in [1.29, 1.82) is 0 Å². The lowest BCUT2D eigenvalue weighted by atomic mass is 10.0. The van der Waals surface area contributed by atoms with E-state index in [9.17, 15) is 4.79 Å². The Hall–Kier alpha value is -1.87. The molecule has 0 fully saturated rings. The highest BCUT2D eigenvalue weighted by Gasteiger charge is 2.02. The number of nitrogens with two attached hydrogens (primary N) is 1. The van der Waals surface area contributed by atoms with Gasteiger partial charge in [0.1, 0.15) is 0 Å². The van der Waals surface area contributed by atoms with E-state index in [1.165, 1.54) is 5.56 Å². The standard InChI is InChI=1S/C15H18N2O/c1-11-5-6-17(15(18)7-11)10-14-4-3-13(9-16)8-12(14)2/h3-8H,9-10,16H2,1-2H3. The second-order valence-corrected chi connectivity index (χ2v) is 4.64. The molecule has 2 N–H and O–H groups in total. The molecule has 0 aliphatic heterocycles. The third kappa shape index (κ3) is 2.68. The summed E-state index contributed by atoms with van der Waals surface area (Å²) in [6, 6.07) is 9.74. The quantitative estimate of drug-likeness (QED) is 0.894. The van der Waals surface area contributed by atoms with Crippen LogP contribution in [0.3, 0.4) is 0 Å². The van der Waals surface area contributed by atoms with Crippen molar-refractivity contribution in [1.82, 2.24) is 4.57 Å². The summed E-state index contributed by atoms with van der Waals surface area (Å²) in [5.41, 5.74) is 10.1. The van der Waals surface area contributed by atoms with Gasteiger partial charge in [-0.3, -0.25) is 4.79 Å². The zero-order valence-electron chi connectivity index (χ0n) is 10.8. The number of pyridine rings is 1. The predicted molar refractivity (Wildman–Crippen MR) is 73.6 cm³/mol. The summed E-state index contributed by atoms with van der Waals surface area (Å²) >= 11 is 0. The highest BCUT2D eigenvalue weighted by atomic mass is 16.1. The minimum atomic E-state index is 0.0392. The Kier molecular flexibility index (Phi) is 3.63. The SMILES string of the molecule is Cc1ccn(Cc2ccc(CN)cc2C)c(=O)c1. The highest BCUT2D eigenvalue weighted by molar-refractivity contribution is 5.31. The monoisotopic (exact) mass is 242 g/mol. The van der Waals surface area contributed by atoms with Gasteiger partial charge in [0.05, 0.1) is 6.54 Å². The Morgan fingerprint density at radius 1 is 1.17 bits per heavy atom. The normalized spacial score (nSPS) is 10.6. The zero-order chi connectivity index (χ0) is 13.1. The molecule has 0 atom stereocenters. The second kappa shape index (κ2) is 5.19. The summed E-state index contributed by atoms with van der Waals surface area (Å²) in [5, 5.41) is 0. The van der Waals surface area contributed by atoms with Crippen LogP contribution in [-0.2, 0) is 13.1 Å². The fourth-order valence-corrected chi connectivity index (χ4v) is 1.98. The van der Waals surface area contributed by atoms with Gasteiger partial charge < -0.3 is 10.3 Å². The summed E-state index contributed by atoms with van der Waals surface area (Å²) in [5.74, 6) is 0. The first-order chi connectivity index (χ1) is 8.60. The smallest absolute Gasteiger partial charge is 0.251 e. The molecule has 1 aromatic heterocycles. The number of hydrogen-bond donors (Lipinski definition) is 1. The molecular weight excluding hydrogens is 224 g/mol. The first-order valence-electron chi connectivity index (χ1n) is 6.05. The highest BCUT2D eigenvalue weighted by Crippen LogP contribution is 2.12. The molecule has 0 unspecified atom stereocenters. The van der Waals surface area contributed by atoms with Crippen LogP contribution in [0.4, 0.5) is 0 Å². The van der Waals surface area contributed by atoms with Gasteiger partial charge in [-0.1, -0.05) is 18.2 Å². The molecule has 2 aromatic rings. The maximum atomic E-state index is 11.8. The number of nitrogens with zero attached hydrogens (tertiary/aromatic N) is 1. The van der Waals surface area contributed by atoms with Gasteiger partial charge in [0, 0.05) is 18.8 Å². The summed E-state index contributed by atoms with van der Waals surface area (Å²) < 4.78 is 1.72. The number of rotatable bonds is 3. The fraction of sp³-hybridized carbons (Fsp3) is 0.267. The van der Waals surface area contributed by atoms with Gasteiger partial charge in [-0.15, -0.1) is 0 Å². The van der Waals surface area contributed by atoms with Crippen LogP contribution < -0.4 is 11.3 Å². The maximum absolute atomic E-state index is 11.8. The molecule has 1 aromatic carbocycles. The van der Waals surface area contributed by atoms with Gasteiger partial charge in [-0.05, 0) is 42.2 Å². The van der Waals surface area contributed by atoms with Gasteiger partial charge in [0.25, 0.3) is 5.56 Å². The molecule has 0 spiro atoms.